The zero-order valence-corrected chi connectivity index (χ0v) is 7.19. The molecule has 3 nitrogen and oxygen atoms in total. The lowest BCUT2D eigenvalue weighted by Crippen LogP contribution is -2.14. The van der Waals surface area contributed by atoms with Crippen LogP contribution in [-0.2, 0) is 0 Å². The highest BCUT2D eigenvalue weighted by atomic mass is 32.2. The summed E-state index contributed by atoms with van der Waals surface area (Å²) < 4.78 is 0. The van der Waals surface area contributed by atoms with Gasteiger partial charge in [0.2, 0.25) is 0 Å². The minimum atomic E-state index is 0.715. The third-order valence-corrected chi connectivity index (χ3v) is 3.09. The van der Waals surface area contributed by atoms with Gasteiger partial charge in [-0.2, -0.15) is 0 Å². The molecule has 0 saturated carbocycles. The average molecular weight is 177 g/mol. The van der Waals surface area contributed by atoms with Gasteiger partial charge in [0.05, 0.1) is 11.3 Å². The number of rotatable bonds is 0. The summed E-state index contributed by atoms with van der Waals surface area (Å²) in [5, 5.41) is 4.36. The quantitative estimate of drug-likeness (QED) is 0.650. The first-order chi connectivity index (χ1) is 5.95. The number of hydrogen-bond donors (Lipinski definition) is 1. The van der Waals surface area contributed by atoms with Crippen molar-refractivity contribution in [2.45, 2.75) is 5.03 Å². The van der Waals surface area contributed by atoms with Crippen LogP contribution < -0.4 is 5.32 Å². The van der Waals surface area contributed by atoms with Gasteiger partial charge in [-0.15, -0.1) is 0 Å². The van der Waals surface area contributed by atoms with Gasteiger partial charge in [-0.05, 0) is 6.07 Å². The Morgan fingerprint density at radius 1 is 1.50 bits per heavy atom. The second kappa shape index (κ2) is 2.23. The van der Waals surface area contributed by atoms with Crippen LogP contribution in [0.3, 0.4) is 0 Å². The standard InChI is InChI=1S/C8H7N3S/c1-2-9-8-7-5(1)10-4-11-6(7)3-12-8/h1-2,10H,3-4H2. The number of pyridine rings is 1. The Hall–Kier alpha value is -1.03. The molecule has 3 rings (SSSR count). The van der Waals surface area contributed by atoms with Crippen LogP contribution in [0.5, 0.6) is 0 Å². The van der Waals surface area contributed by atoms with E-state index in [0.717, 1.165) is 10.8 Å². The van der Waals surface area contributed by atoms with E-state index in [-0.39, 0.29) is 0 Å². The van der Waals surface area contributed by atoms with Crippen LogP contribution in [0.1, 0.15) is 5.56 Å². The maximum Gasteiger partial charge on any atom is 0.108 e. The zero-order chi connectivity index (χ0) is 7.97. The van der Waals surface area contributed by atoms with Crippen molar-refractivity contribution < 1.29 is 0 Å². The lowest BCUT2D eigenvalue weighted by Gasteiger charge is -2.13. The number of aromatic nitrogens is 1. The molecule has 2 aliphatic heterocycles. The molecule has 2 aliphatic rings. The molecule has 60 valence electrons. The Labute approximate surface area is 74.3 Å². The second-order valence-electron chi connectivity index (χ2n) is 2.77. The minimum Gasteiger partial charge on any atom is -0.366 e. The molecule has 0 atom stereocenters. The molecule has 0 aromatic carbocycles. The van der Waals surface area contributed by atoms with Crippen LogP contribution in [0.4, 0.5) is 5.69 Å². The molecule has 12 heavy (non-hydrogen) atoms. The minimum absolute atomic E-state index is 0.715. The SMILES string of the molecule is c1cc2c3c(n1)SCC3=NCN2. The fraction of sp³-hybridized carbons (Fsp3) is 0.250. The van der Waals surface area contributed by atoms with E-state index in [9.17, 15) is 0 Å². The summed E-state index contributed by atoms with van der Waals surface area (Å²) in [6.07, 6.45) is 1.85. The van der Waals surface area contributed by atoms with Crippen molar-refractivity contribution in [3.63, 3.8) is 0 Å². The average Bonchev–Trinajstić information content (AvgIpc) is 2.52. The number of nitrogens with one attached hydrogen (secondary N) is 1. The number of aliphatic imine (C=N–C) groups is 1. The van der Waals surface area contributed by atoms with E-state index in [1.54, 1.807) is 11.8 Å². The molecule has 0 unspecified atom stereocenters. The molecule has 0 bridgehead atoms. The largest absolute Gasteiger partial charge is 0.366 e. The smallest absolute Gasteiger partial charge is 0.108 e. The van der Waals surface area contributed by atoms with Crippen LogP contribution in [0.25, 0.3) is 0 Å². The molecule has 0 amide bonds. The van der Waals surface area contributed by atoms with Gasteiger partial charge in [-0.1, -0.05) is 11.8 Å². The topological polar surface area (TPSA) is 37.3 Å². The first-order valence-electron chi connectivity index (χ1n) is 3.84. The fourth-order valence-electron chi connectivity index (χ4n) is 1.53. The normalized spacial score (nSPS) is 18.2. The van der Waals surface area contributed by atoms with Gasteiger partial charge >= 0.3 is 0 Å². The molecule has 1 N–H and O–H groups in total. The third-order valence-electron chi connectivity index (χ3n) is 2.09. The van der Waals surface area contributed by atoms with Crippen molar-refractivity contribution in [2.75, 3.05) is 17.7 Å². The molecule has 1 aromatic heterocycles. The zero-order valence-electron chi connectivity index (χ0n) is 6.37. The third kappa shape index (κ3) is 0.728. The van der Waals surface area contributed by atoms with Crippen LogP contribution in [-0.4, -0.2) is 23.1 Å². The van der Waals surface area contributed by atoms with Crippen molar-refractivity contribution in [2.24, 2.45) is 4.99 Å². The monoisotopic (exact) mass is 177 g/mol. The van der Waals surface area contributed by atoms with Gasteiger partial charge < -0.3 is 5.32 Å². The highest BCUT2D eigenvalue weighted by Gasteiger charge is 2.24. The van der Waals surface area contributed by atoms with E-state index < -0.39 is 0 Å². The van der Waals surface area contributed by atoms with Crippen molar-refractivity contribution in [3.05, 3.63) is 17.8 Å². The molecule has 0 radical (unpaired) electrons. The van der Waals surface area contributed by atoms with Gasteiger partial charge in [0, 0.05) is 17.6 Å². The summed E-state index contributed by atoms with van der Waals surface area (Å²) in [5.74, 6) is 0.987. The van der Waals surface area contributed by atoms with Crippen molar-refractivity contribution in [1.29, 1.82) is 0 Å². The van der Waals surface area contributed by atoms with Crippen LogP contribution >= 0.6 is 11.8 Å². The molecular formula is C8H7N3S. The van der Waals surface area contributed by atoms with Gasteiger partial charge in [-0.25, -0.2) is 4.98 Å². The van der Waals surface area contributed by atoms with E-state index in [1.165, 1.54) is 17.0 Å². The molecule has 4 heteroatoms. The molecule has 0 aliphatic carbocycles. The highest BCUT2D eigenvalue weighted by molar-refractivity contribution is 8.00. The summed E-state index contributed by atoms with van der Waals surface area (Å²) in [7, 11) is 0. The number of nitrogens with zero attached hydrogens (tertiary/aromatic N) is 2. The Bertz CT molecular complexity index is 373. The van der Waals surface area contributed by atoms with Crippen molar-refractivity contribution >= 4 is 23.2 Å². The first-order valence-corrected chi connectivity index (χ1v) is 4.83. The lowest BCUT2D eigenvalue weighted by molar-refractivity contribution is 1.06. The summed E-state index contributed by atoms with van der Waals surface area (Å²) in [6.45, 7) is 0.715. The lowest BCUT2D eigenvalue weighted by atomic mass is 10.1. The summed E-state index contributed by atoms with van der Waals surface area (Å²) in [6, 6.07) is 2.01. The highest BCUT2D eigenvalue weighted by Crippen LogP contribution is 2.35. The fourth-order valence-corrected chi connectivity index (χ4v) is 2.55. The molecule has 0 spiro atoms. The Morgan fingerprint density at radius 2 is 2.50 bits per heavy atom. The van der Waals surface area contributed by atoms with Crippen molar-refractivity contribution in [3.8, 4) is 0 Å². The predicted molar refractivity (Wildman–Crippen MR) is 50.0 cm³/mol. The molecule has 0 fully saturated rings. The number of anilines is 1. The van der Waals surface area contributed by atoms with E-state index in [0.29, 0.717) is 6.67 Å². The maximum atomic E-state index is 4.39. The van der Waals surface area contributed by atoms with E-state index in [4.69, 9.17) is 0 Å². The first kappa shape index (κ1) is 6.48. The van der Waals surface area contributed by atoms with Gasteiger partial charge in [0.1, 0.15) is 11.7 Å². The van der Waals surface area contributed by atoms with Gasteiger partial charge in [0.25, 0.3) is 0 Å². The van der Waals surface area contributed by atoms with Crippen molar-refractivity contribution in [1.82, 2.24) is 4.98 Å². The summed E-state index contributed by atoms with van der Waals surface area (Å²) >= 11 is 1.77. The Kier molecular flexibility index (Phi) is 1.20. The van der Waals surface area contributed by atoms with E-state index >= 15 is 0 Å². The van der Waals surface area contributed by atoms with Crippen LogP contribution in [0.2, 0.25) is 0 Å². The summed E-state index contributed by atoms with van der Waals surface area (Å²) in [5.41, 5.74) is 3.63. The summed E-state index contributed by atoms with van der Waals surface area (Å²) in [4.78, 5) is 8.68. The van der Waals surface area contributed by atoms with E-state index in [2.05, 4.69) is 15.3 Å². The van der Waals surface area contributed by atoms with Crippen LogP contribution in [0, 0.1) is 0 Å². The Morgan fingerprint density at radius 3 is 3.50 bits per heavy atom. The second-order valence-corrected chi connectivity index (χ2v) is 3.73. The predicted octanol–water partition coefficient (Wildman–Crippen LogP) is 1.36. The molecule has 1 aromatic rings. The van der Waals surface area contributed by atoms with Crippen LogP contribution in [0.15, 0.2) is 22.3 Å². The van der Waals surface area contributed by atoms with E-state index in [1.807, 2.05) is 12.3 Å². The Balaban J connectivity index is 2.34. The van der Waals surface area contributed by atoms with Gasteiger partial charge in [0.15, 0.2) is 0 Å². The van der Waals surface area contributed by atoms with Gasteiger partial charge in [-0.3, -0.25) is 4.99 Å². The molecular weight excluding hydrogens is 170 g/mol. The number of thioether (sulfide) groups is 1. The molecule has 3 heterocycles. The maximum absolute atomic E-state index is 4.39. The number of hydrogen-bond acceptors (Lipinski definition) is 4. The molecule has 0 saturated heterocycles.